The molecule has 0 saturated heterocycles. The second-order valence-corrected chi connectivity index (χ2v) is 3.06. The van der Waals surface area contributed by atoms with Crippen LogP contribution in [0.5, 0.6) is 0 Å². The van der Waals surface area contributed by atoms with Gasteiger partial charge in [-0.3, -0.25) is 4.79 Å². The Balaban J connectivity index is 2.40. The Hall–Kier alpha value is -0.830. The van der Waals surface area contributed by atoms with Crippen molar-refractivity contribution in [1.29, 1.82) is 0 Å². The molecule has 1 atom stereocenters. The molecule has 1 unspecified atom stereocenters. The van der Waals surface area contributed by atoms with Gasteiger partial charge in [0.2, 0.25) is 5.91 Å². The largest absolute Gasteiger partial charge is 0.333 e. The summed E-state index contributed by atoms with van der Waals surface area (Å²) in [4.78, 5) is 10.9. The van der Waals surface area contributed by atoms with E-state index in [-0.39, 0.29) is 11.9 Å². The molecule has 1 amide bonds. The van der Waals surface area contributed by atoms with E-state index in [0.717, 1.165) is 0 Å². The van der Waals surface area contributed by atoms with Gasteiger partial charge < -0.3 is 10.6 Å². The van der Waals surface area contributed by atoms with Gasteiger partial charge >= 0.3 is 0 Å². The Morgan fingerprint density at radius 3 is 3.00 bits per heavy atom. The highest BCUT2D eigenvalue weighted by molar-refractivity contribution is 5.78. The van der Waals surface area contributed by atoms with E-state index in [0.29, 0.717) is 12.5 Å². The van der Waals surface area contributed by atoms with E-state index < -0.39 is 0 Å². The van der Waals surface area contributed by atoms with E-state index in [1.54, 1.807) is 6.20 Å². The summed E-state index contributed by atoms with van der Waals surface area (Å²) in [7, 11) is 0. The minimum absolute atomic E-state index is 0.0886. The summed E-state index contributed by atoms with van der Waals surface area (Å²) in [5, 5.41) is 5.89. The predicted octanol–water partition coefficient (Wildman–Crippen LogP) is 0.387. The van der Waals surface area contributed by atoms with E-state index in [1.165, 1.54) is 0 Å². The quantitative estimate of drug-likeness (QED) is 0.604. The summed E-state index contributed by atoms with van der Waals surface area (Å²) in [6.45, 7) is 4.14. The Bertz CT molecular complexity index is 175. The van der Waals surface area contributed by atoms with Crippen LogP contribution in [0.15, 0.2) is 12.3 Å². The molecule has 1 aliphatic heterocycles. The van der Waals surface area contributed by atoms with Gasteiger partial charge in [-0.15, -0.1) is 0 Å². The SMILES string of the molecule is CC(C)NC1C=CNC(=O)C1. The Morgan fingerprint density at radius 1 is 1.73 bits per heavy atom. The molecule has 0 aromatic carbocycles. The summed E-state index contributed by atoms with van der Waals surface area (Å²) in [6, 6.07) is 0.638. The molecular weight excluding hydrogens is 140 g/mol. The van der Waals surface area contributed by atoms with Crippen molar-refractivity contribution < 1.29 is 4.79 Å². The van der Waals surface area contributed by atoms with Gasteiger partial charge in [0.1, 0.15) is 0 Å². The van der Waals surface area contributed by atoms with Crippen molar-refractivity contribution >= 4 is 5.91 Å². The van der Waals surface area contributed by atoms with Crippen LogP contribution in [0, 0.1) is 0 Å². The fourth-order valence-electron chi connectivity index (χ4n) is 1.13. The highest BCUT2D eigenvalue weighted by Crippen LogP contribution is 2.00. The molecule has 0 aromatic rings. The highest BCUT2D eigenvalue weighted by atomic mass is 16.1. The first-order valence-corrected chi connectivity index (χ1v) is 3.90. The third kappa shape index (κ3) is 2.72. The zero-order chi connectivity index (χ0) is 8.27. The van der Waals surface area contributed by atoms with E-state index in [4.69, 9.17) is 0 Å². The first-order valence-electron chi connectivity index (χ1n) is 3.90. The lowest BCUT2D eigenvalue weighted by Gasteiger charge is -2.19. The number of rotatable bonds is 2. The molecule has 2 N–H and O–H groups in total. The lowest BCUT2D eigenvalue weighted by molar-refractivity contribution is -0.120. The molecule has 1 aliphatic rings. The lowest BCUT2D eigenvalue weighted by Crippen LogP contribution is -2.39. The summed E-state index contributed by atoms with van der Waals surface area (Å²) in [5.74, 6) is 0.0886. The van der Waals surface area contributed by atoms with Crippen LogP contribution in [0.1, 0.15) is 20.3 Å². The normalized spacial score (nSPS) is 23.9. The maximum atomic E-state index is 10.9. The van der Waals surface area contributed by atoms with E-state index in [9.17, 15) is 4.79 Å². The summed E-state index contributed by atoms with van der Waals surface area (Å²) < 4.78 is 0. The maximum absolute atomic E-state index is 10.9. The van der Waals surface area contributed by atoms with Crippen molar-refractivity contribution in [1.82, 2.24) is 10.6 Å². The number of nitrogens with one attached hydrogen (secondary N) is 2. The number of carbonyl (C=O) groups is 1. The summed E-state index contributed by atoms with van der Waals surface area (Å²) >= 11 is 0. The van der Waals surface area contributed by atoms with Gasteiger partial charge in [-0.2, -0.15) is 0 Å². The van der Waals surface area contributed by atoms with Crippen molar-refractivity contribution in [3.05, 3.63) is 12.3 Å². The predicted molar refractivity (Wildman–Crippen MR) is 44.0 cm³/mol. The number of hydrogen-bond donors (Lipinski definition) is 2. The third-order valence-electron chi connectivity index (χ3n) is 1.53. The molecule has 11 heavy (non-hydrogen) atoms. The second-order valence-electron chi connectivity index (χ2n) is 3.06. The van der Waals surface area contributed by atoms with Gasteiger partial charge in [0.15, 0.2) is 0 Å². The molecule has 0 spiro atoms. The molecule has 0 radical (unpaired) electrons. The van der Waals surface area contributed by atoms with Crippen molar-refractivity contribution in [2.24, 2.45) is 0 Å². The van der Waals surface area contributed by atoms with Crippen LogP contribution in [0.4, 0.5) is 0 Å². The maximum Gasteiger partial charge on any atom is 0.225 e. The van der Waals surface area contributed by atoms with Crippen molar-refractivity contribution in [2.75, 3.05) is 0 Å². The summed E-state index contributed by atoms with van der Waals surface area (Å²) in [6.07, 6.45) is 4.22. The minimum atomic E-state index is 0.0886. The smallest absolute Gasteiger partial charge is 0.225 e. The topological polar surface area (TPSA) is 41.1 Å². The van der Waals surface area contributed by atoms with Gasteiger partial charge in [0.05, 0.1) is 0 Å². The van der Waals surface area contributed by atoms with E-state index in [1.807, 2.05) is 6.08 Å². The Morgan fingerprint density at radius 2 is 2.45 bits per heavy atom. The zero-order valence-electron chi connectivity index (χ0n) is 6.92. The van der Waals surface area contributed by atoms with Gasteiger partial charge in [0, 0.05) is 24.7 Å². The molecule has 0 aliphatic carbocycles. The second kappa shape index (κ2) is 3.53. The van der Waals surface area contributed by atoms with Gasteiger partial charge in [-0.25, -0.2) is 0 Å². The molecule has 0 aromatic heterocycles. The molecule has 62 valence electrons. The van der Waals surface area contributed by atoms with Crippen LogP contribution in [-0.2, 0) is 4.79 Å². The van der Waals surface area contributed by atoms with E-state index in [2.05, 4.69) is 24.5 Å². The molecular formula is C8H14N2O. The van der Waals surface area contributed by atoms with Crippen LogP contribution in [0.25, 0.3) is 0 Å². The fourth-order valence-corrected chi connectivity index (χ4v) is 1.13. The van der Waals surface area contributed by atoms with Gasteiger partial charge in [-0.05, 0) is 0 Å². The van der Waals surface area contributed by atoms with Crippen molar-refractivity contribution in [2.45, 2.75) is 32.4 Å². The Labute approximate surface area is 66.9 Å². The first kappa shape index (κ1) is 8.27. The van der Waals surface area contributed by atoms with Crippen LogP contribution >= 0.6 is 0 Å². The number of hydrogen-bond acceptors (Lipinski definition) is 2. The molecule has 3 heteroatoms. The zero-order valence-corrected chi connectivity index (χ0v) is 6.92. The van der Waals surface area contributed by atoms with E-state index >= 15 is 0 Å². The van der Waals surface area contributed by atoms with Crippen LogP contribution < -0.4 is 10.6 Å². The molecule has 0 saturated carbocycles. The van der Waals surface area contributed by atoms with Crippen LogP contribution in [-0.4, -0.2) is 18.0 Å². The molecule has 0 bridgehead atoms. The monoisotopic (exact) mass is 154 g/mol. The molecule has 0 fully saturated rings. The summed E-state index contributed by atoms with van der Waals surface area (Å²) in [5.41, 5.74) is 0. The van der Waals surface area contributed by atoms with Crippen molar-refractivity contribution in [3.63, 3.8) is 0 Å². The highest BCUT2D eigenvalue weighted by Gasteiger charge is 2.13. The fraction of sp³-hybridized carbons (Fsp3) is 0.625. The molecule has 1 heterocycles. The van der Waals surface area contributed by atoms with Crippen molar-refractivity contribution in [3.8, 4) is 0 Å². The number of carbonyl (C=O) groups excluding carboxylic acids is 1. The van der Waals surface area contributed by atoms with Gasteiger partial charge in [-0.1, -0.05) is 19.9 Å². The lowest BCUT2D eigenvalue weighted by atomic mass is 10.1. The van der Waals surface area contributed by atoms with Crippen LogP contribution in [0.2, 0.25) is 0 Å². The standard InChI is InChI=1S/C8H14N2O/c1-6(2)10-7-3-4-9-8(11)5-7/h3-4,6-7,10H,5H2,1-2H3,(H,9,11). The Kier molecular flexibility index (Phi) is 2.65. The average molecular weight is 154 g/mol. The minimum Gasteiger partial charge on any atom is -0.333 e. The third-order valence-corrected chi connectivity index (χ3v) is 1.53. The van der Waals surface area contributed by atoms with Crippen LogP contribution in [0.3, 0.4) is 0 Å². The molecule has 1 rings (SSSR count). The number of amides is 1. The average Bonchev–Trinajstić information content (AvgIpc) is 1.85. The first-order chi connectivity index (χ1) is 5.18. The van der Waals surface area contributed by atoms with Gasteiger partial charge in [0.25, 0.3) is 0 Å². The molecule has 3 nitrogen and oxygen atoms in total.